The van der Waals surface area contributed by atoms with Gasteiger partial charge in [0.1, 0.15) is 0 Å². The van der Waals surface area contributed by atoms with Crippen molar-refractivity contribution in [3.05, 3.63) is 46.1 Å². The molecule has 0 spiro atoms. The van der Waals surface area contributed by atoms with Crippen LogP contribution in [-0.2, 0) is 0 Å². The highest BCUT2D eigenvalue weighted by molar-refractivity contribution is 14.1. The number of benzene rings is 1. The molecule has 0 radical (unpaired) electrons. The van der Waals surface area contributed by atoms with Crippen LogP contribution in [0.3, 0.4) is 0 Å². The number of hydrogen-bond acceptors (Lipinski definition) is 1. The Morgan fingerprint density at radius 2 is 2.21 bits per heavy atom. The molecular formula is C12H16IN. The Morgan fingerprint density at radius 3 is 2.79 bits per heavy atom. The zero-order valence-corrected chi connectivity index (χ0v) is 10.6. The second-order valence-electron chi connectivity index (χ2n) is 3.19. The number of hydrogen-bond donors (Lipinski definition) is 1. The summed E-state index contributed by atoms with van der Waals surface area (Å²) in [5, 5.41) is 3.45. The lowest BCUT2D eigenvalue weighted by atomic mass is 10.1. The summed E-state index contributed by atoms with van der Waals surface area (Å²) in [6, 6.07) is 8.69. The summed E-state index contributed by atoms with van der Waals surface area (Å²) in [7, 11) is 0. The van der Waals surface area contributed by atoms with Crippen molar-refractivity contribution in [3.63, 3.8) is 0 Å². The lowest BCUT2D eigenvalue weighted by Crippen LogP contribution is -2.20. The van der Waals surface area contributed by atoms with E-state index in [1.54, 1.807) is 0 Å². The van der Waals surface area contributed by atoms with E-state index >= 15 is 0 Å². The zero-order chi connectivity index (χ0) is 10.4. The van der Waals surface area contributed by atoms with Crippen molar-refractivity contribution in [2.45, 2.75) is 19.4 Å². The Labute approximate surface area is 99.7 Å². The van der Waals surface area contributed by atoms with Gasteiger partial charge in [0.25, 0.3) is 0 Å². The van der Waals surface area contributed by atoms with Crippen LogP contribution < -0.4 is 5.32 Å². The molecule has 1 atom stereocenters. The van der Waals surface area contributed by atoms with Crippen LogP contribution >= 0.6 is 22.6 Å². The molecule has 0 fully saturated rings. The molecule has 14 heavy (non-hydrogen) atoms. The van der Waals surface area contributed by atoms with Crippen molar-refractivity contribution in [3.8, 4) is 0 Å². The molecule has 1 aromatic carbocycles. The smallest absolute Gasteiger partial charge is 0.0514 e. The summed E-state index contributed by atoms with van der Waals surface area (Å²) in [5.41, 5.74) is 1.32. The van der Waals surface area contributed by atoms with E-state index in [-0.39, 0.29) is 6.04 Å². The molecule has 1 nitrogen and oxygen atoms in total. The maximum atomic E-state index is 3.87. The van der Waals surface area contributed by atoms with Crippen LogP contribution in [-0.4, -0.2) is 6.54 Å². The van der Waals surface area contributed by atoms with E-state index in [0.29, 0.717) is 0 Å². The van der Waals surface area contributed by atoms with Crippen LogP contribution in [0.25, 0.3) is 0 Å². The van der Waals surface area contributed by atoms with E-state index in [4.69, 9.17) is 0 Å². The third-order valence-electron chi connectivity index (χ3n) is 2.09. The SMILES string of the molecule is C=CC(NCCC)c1ccccc1I. The Bertz CT molecular complexity index is 296. The van der Waals surface area contributed by atoms with Crippen molar-refractivity contribution in [2.75, 3.05) is 6.54 Å². The molecule has 0 saturated carbocycles. The fraction of sp³-hybridized carbons (Fsp3) is 0.333. The Morgan fingerprint density at radius 1 is 1.50 bits per heavy atom. The van der Waals surface area contributed by atoms with Gasteiger partial charge in [0.05, 0.1) is 6.04 Å². The summed E-state index contributed by atoms with van der Waals surface area (Å²) in [5.74, 6) is 0. The Balaban J connectivity index is 2.78. The van der Waals surface area contributed by atoms with E-state index in [0.717, 1.165) is 13.0 Å². The van der Waals surface area contributed by atoms with Crippen LogP contribution in [0.4, 0.5) is 0 Å². The van der Waals surface area contributed by atoms with Crippen LogP contribution in [0.1, 0.15) is 24.9 Å². The van der Waals surface area contributed by atoms with E-state index in [2.05, 4.69) is 65.7 Å². The first-order chi connectivity index (χ1) is 6.79. The van der Waals surface area contributed by atoms with E-state index in [1.165, 1.54) is 9.13 Å². The van der Waals surface area contributed by atoms with Crippen molar-refractivity contribution < 1.29 is 0 Å². The summed E-state index contributed by atoms with van der Waals surface area (Å²) in [6.07, 6.45) is 3.11. The van der Waals surface area contributed by atoms with Gasteiger partial charge in [-0.2, -0.15) is 0 Å². The molecule has 0 amide bonds. The van der Waals surface area contributed by atoms with Crippen LogP contribution in [0, 0.1) is 3.57 Å². The van der Waals surface area contributed by atoms with Gasteiger partial charge >= 0.3 is 0 Å². The predicted molar refractivity (Wildman–Crippen MR) is 70.4 cm³/mol. The first kappa shape index (κ1) is 11.7. The molecule has 0 aromatic heterocycles. The minimum atomic E-state index is 0.281. The predicted octanol–water partition coefficient (Wildman–Crippen LogP) is 3.52. The first-order valence-electron chi connectivity index (χ1n) is 4.90. The third kappa shape index (κ3) is 3.10. The quantitative estimate of drug-likeness (QED) is 0.648. The monoisotopic (exact) mass is 301 g/mol. The fourth-order valence-electron chi connectivity index (χ4n) is 1.35. The lowest BCUT2D eigenvalue weighted by Gasteiger charge is -2.15. The molecule has 0 saturated heterocycles. The second-order valence-corrected chi connectivity index (χ2v) is 4.35. The number of rotatable bonds is 5. The molecule has 0 aliphatic rings. The van der Waals surface area contributed by atoms with Crippen LogP contribution in [0.5, 0.6) is 0 Å². The highest BCUT2D eigenvalue weighted by atomic mass is 127. The summed E-state index contributed by atoms with van der Waals surface area (Å²) in [4.78, 5) is 0. The molecule has 1 rings (SSSR count). The molecule has 0 heterocycles. The molecular weight excluding hydrogens is 285 g/mol. The number of nitrogens with one attached hydrogen (secondary N) is 1. The average Bonchev–Trinajstić information content (AvgIpc) is 2.21. The van der Waals surface area contributed by atoms with E-state index < -0.39 is 0 Å². The summed E-state index contributed by atoms with van der Waals surface area (Å²) >= 11 is 2.36. The molecule has 0 bridgehead atoms. The summed E-state index contributed by atoms with van der Waals surface area (Å²) in [6.45, 7) is 7.06. The van der Waals surface area contributed by atoms with Crippen molar-refractivity contribution >= 4 is 22.6 Å². The van der Waals surface area contributed by atoms with Gasteiger partial charge in [-0.1, -0.05) is 31.2 Å². The van der Waals surface area contributed by atoms with Gasteiger partial charge in [0.2, 0.25) is 0 Å². The van der Waals surface area contributed by atoms with Gasteiger partial charge in [-0.3, -0.25) is 0 Å². The standard InChI is InChI=1S/C12H16IN/c1-3-9-14-12(4-2)10-7-5-6-8-11(10)13/h4-8,12,14H,2-3,9H2,1H3. The number of halogens is 1. The van der Waals surface area contributed by atoms with Crippen LogP contribution in [0.2, 0.25) is 0 Å². The molecule has 76 valence electrons. The molecule has 1 N–H and O–H groups in total. The first-order valence-corrected chi connectivity index (χ1v) is 5.97. The lowest BCUT2D eigenvalue weighted by molar-refractivity contribution is 0.612. The van der Waals surface area contributed by atoms with Gasteiger partial charge in [0, 0.05) is 3.57 Å². The molecule has 1 aromatic rings. The molecule has 1 unspecified atom stereocenters. The molecule has 2 heteroatoms. The topological polar surface area (TPSA) is 12.0 Å². The van der Waals surface area contributed by atoms with Gasteiger partial charge in [-0.25, -0.2) is 0 Å². The molecule has 0 aliphatic carbocycles. The summed E-state index contributed by atoms with van der Waals surface area (Å²) < 4.78 is 1.29. The minimum Gasteiger partial charge on any atom is -0.307 e. The van der Waals surface area contributed by atoms with E-state index in [1.807, 2.05) is 6.08 Å². The van der Waals surface area contributed by atoms with Gasteiger partial charge in [0.15, 0.2) is 0 Å². The average molecular weight is 301 g/mol. The van der Waals surface area contributed by atoms with Crippen molar-refractivity contribution in [1.82, 2.24) is 5.32 Å². The minimum absolute atomic E-state index is 0.281. The second kappa shape index (κ2) is 6.19. The molecule has 0 aliphatic heterocycles. The highest BCUT2D eigenvalue weighted by Crippen LogP contribution is 2.20. The maximum Gasteiger partial charge on any atom is 0.0514 e. The normalized spacial score (nSPS) is 12.4. The van der Waals surface area contributed by atoms with Gasteiger partial charge in [-0.15, -0.1) is 6.58 Å². The van der Waals surface area contributed by atoms with Crippen molar-refractivity contribution in [2.24, 2.45) is 0 Å². The third-order valence-corrected chi connectivity index (χ3v) is 3.07. The zero-order valence-electron chi connectivity index (χ0n) is 8.46. The van der Waals surface area contributed by atoms with Crippen molar-refractivity contribution in [1.29, 1.82) is 0 Å². The van der Waals surface area contributed by atoms with Gasteiger partial charge in [-0.05, 0) is 47.2 Å². The maximum absolute atomic E-state index is 3.87. The Kier molecular flexibility index (Phi) is 5.19. The van der Waals surface area contributed by atoms with E-state index in [9.17, 15) is 0 Å². The highest BCUT2D eigenvalue weighted by Gasteiger charge is 2.08. The fourth-order valence-corrected chi connectivity index (χ4v) is 2.07. The van der Waals surface area contributed by atoms with Gasteiger partial charge < -0.3 is 5.32 Å². The van der Waals surface area contributed by atoms with Crippen LogP contribution in [0.15, 0.2) is 36.9 Å². The largest absolute Gasteiger partial charge is 0.307 e. The Hall–Kier alpha value is -0.350.